The topological polar surface area (TPSA) is 46.3 Å². The summed E-state index contributed by atoms with van der Waals surface area (Å²) in [5.41, 5.74) is 5.18. The first-order chi connectivity index (χ1) is 8.36. The van der Waals surface area contributed by atoms with Crippen LogP contribution in [0.5, 0.6) is 0 Å². The van der Waals surface area contributed by atoms with E-state index >= 15 is 0 Å². The van der Waals surface area contributed by atoms with E-state index < -0.39 is 0 Å². The highest BCUT2D eigenvalue weighted by molar-refractivity contribution is 9.10. The number of likely N-dealkylation sites (N-methyl/N-ethyl adjacent to an activating group) is 1. The molecule has 0 unspecified atom stereocenters. The van der Waals surface area contributed by atoms with Gasteiger partial charge in [0.05, 0.1) is 0 Å². The van der Waals surface area contributed by atoms with Gasteiger partial charge in [-0.1, -0.05) is 13.8 Å². The third-order valence-corrected chi connectivity index (χ3v) is 4.77. The quantitative estimate of drug-likeness (QED) is 0.870. The Morgan fingerprint density at radius 1 is 1.56 bits per heavy atom. The van der Waals surface area contributed by atoms with Crippen LogP contribution in [-0.4, -0.2) is 30.9 Å². The molecule has 0 saturated carbocycles. The van der Waals surface area contributed by atoms with Crippen molar-refractivity contribution in [2.45, 2.75) is 26.7 Å². The fourth-order valence-electron chi connectivity index (χ4n) is 1.85. The van der Waals surface area contributed by atoms with E-state index in [1.54, 1.807) is 11.3 Å². The second-order valence-corrected chi connectivity index (χ2v) is 7.04. The molecular weight excluding hydrogens is 312 g/mol. The number of carbonyl (C=O) groups is 1. The minimum Gasteiger partial charge on any atom is -0.345 e. The van der Waals surface area contributed by atoms with Crippen molar-refractivity contribution in [3.63, 3.8) is 0 Å². The Bertz CT molecular complexity index is 403. The molecule has 1 amide bonds. The van der Waals surface area contributed by atoms with Gasteiger partial charge in [-0.3, -0.25) is 4.79 Å². The zero-order valence-corrected chi connectivity index (χ0v) is 13.6. The molecule has 1 rings (SSSR count). The molecule has 1 heterocycles. The van der Waals surface area contributed by atoms with Gasteiger partial charge in [0.2, 0.25) is 5.91 Å². The second-order valence-electron chi connectivity index (χ2n) is 5.13. The molecule has 0 spiro atoms. The lowest BCUT2D eigenvalue weighted by molar-refractivity contribution is -0.139. The minimum absolute atomic E-state index is 0.170. The summed E-state index contributed by atoms with van der Waals surface area (Å²) in [6.45, 7) is 5.21. The van der Waals surface area contributed by atoms with Crippen LogP contribution >= 0.6 is 27.3 Å². The summed E-state index contributed by atoms with van der Waals surface area (Å²) >= 11 is 5.15. The highest BCUT2D eigenvalue weighted by Crippen LogP contribution is 2.23. The summed E-state index contributed by atoms with van der Waals surface area (Å²) in [5.74, 6) is 0.170. The summed E-state index contributed by atoms with van der Waals surface area (Å²) in [4.78, 5) is 15.3. The van der Waals surface area contributed by atoms with Crippen molar-refractivity contribution in [3.8, 4) is 0 Å². The third-order valence-electron chi connectivity index (χ3n) is 3.01. The summed E-state index contributed by atoms with van der Waals surface area (Å²) < 4.78 is 1.11. The van der Waals surface area contributed by atoms with Crippen LogP contribution in [0.2, 0.25) is 0 Å². The van der Waals surface area contributed by atoms with E-state index in [9.17, 15) is 4.79 Å². The monoisotopic (exact) mass is 332 g/mol. The van der Waals surface area contributed by atoms with E-state index in [0.29, 0.717) is 6.54 Å². The SMILES string of the molecule is CN(CCc1cc(Br)cs1)C(=O)C(C)(C)CCN. The van der Waals surface area contributed by atoms with Gasteiger partial charge in [0, 0.05) is 33.7 Å². The molecule has 0 atom stereocenters. The Kier molecular flexibility index (Phi) is 5.82. The Labute approximate surface area is 121 Å². The molecule has 0 aliphatic rings. The van der Waals surface area contributed by atoms with Gasteiger partial charge in [-0.25, -0.2) is 0 Å². The average molecular weight is 333 g/mol. The van der Waals surface area contributed by atoms with Gasteiger partial charge in [0.15, 0.2) is 0 Å². The molecule has 102 valence electrons. The van der Waals surface area contributed by atoms with Crippen molar-refractivity contribution in [1.29, 1.82) is 0 Å². The van der Waals surface area contributed by atoms with Crippen molar-refractivity contribution < 1.29 is 4.79 Å². The van der Waals surface area contributed by atoms with Gasteiger partial charge in [0.1, 0.15) is 0 Å². The molecule has 18 heavy (non-hydrogen) atoms. The third kappa shape index (κ3) is 4.37. The number of nitrogens with two attached hydrogens (primary N) is 1. The minimum atomic E-state index is -0.362. The number of rotatable bonds is 6. The molecule has 5 heteroatoms. The van der Waals surface area contributed by atoms with Gasteiger partial charge in [-0.15, -0.1) is 11.3 Å². The van der Waals surface area contributed by atoms with E-state index in [2.05, 4.69) is 27.4 Å². The Morgan fingerprint density at radius 2 is 2.22 bits per heavy atom. The number of thiophene rings is 1. The lowest BCUT2D eigenvalue weighted by atomic mass is 9.87. The Hall–Kier alpha value is -0.390. The number of hydrogen-bond donors (Lipinski definition) is 1. The van der Waals surface area contributed by atoms with Gasteiger partial charge >= 0.3 is 0 Å². The van der Waals surface area contributed by atoms with Crippen LogP contribution in [0.1, 0.15) is 25.1 Å². The largest absolute Gasteiger partial charge is 0.345 e. The predicted octanol–water partition coefficient (Wildman–Crippen LogP) is 2.89. The molecule has 1 aromatic rings. The van der Waals surface area contributed by atoms with E-state index in [4.69, 9.17) is 5.73 Å². The van der Waals surface area contributed by atoms with E-state index in [0.717, 1.165) is 23.9 Å². The normalized spacial score (nSPS) is 11.6. The van der Waals surface area contributed by atoms with Crippen LogP contribution in [0, 0.1) is 5.41 Å². The lowest BCUT2D eigenvalue weighted by Crippen LogP contribution is -2.40. The van der Waals surface area contributed by atoms with Crippen LogP contribution in [0.25, 0.3) is 0 Å². The van der Waals surface area contributed by atoms with Crippen LogP contribution in [0.3, 0.4) is 0 Å². The van der Waals surface area contributed by atoms with Crippen LogP contribution in [0.15, 0.2) is 15.9 Å². The van der Waals surface area contributed by atoms with Gasteiger partial charge in [-0.2, -0.15) is 0 Å². The van der Waals surface area contributed by atoms with Crippen molar-refractivity contribution >= 4 is 33.2 Å². The summed E-state index contributed by atoms with van der Waals surface area (Å²) in [6.07, 6.45) is 1.62. The fraction of sp³-hybridized carbons (Fsp3) is 0.615. The van der Waals surface area contributed by atoms with Crippen molar-refractivity contribution in [1.82, 2.24) is 4.90 Å². The highest BCUT2D eigenvalue weighted by atomic mass is 79.9. The van der Waals surface area contributed by atoms with Gasteiger partial charge < -0.3 is 10.6 Å². The molecule has 0 bridgehead atoms. The van der Waals surface area contributed by atoms with Crippen molar-refractivity contribution in [2.24, 2.45) is 11.1 Å². The van der Waals surface area contributed by atoms with Gasteiger partial charge in [-0.05, 0) is 41.4 Å². The molecule has 0 aromatic carbocycles. The fourth-order valence-corrected chi connectivity index (χ4v) is 3.29. The first-order valence-electron chi connectivity index (χ1n) is 6.05. The first-order valence-corrected chi connectivity index (χ1v) is 7.72. The Morgan fingerprint density at radius 3 is 2.72 bits per heavy atom. The number of hydrogen-bond acceptors (Lipinski definition) is 3. The molecule has 1 aromatic heterocycles. The maximum atomic E-state index is 12.2. The molecule has 0 fully saturated rings. The van der Waals surface area contributed by atoms with E-state index in [-0.39, 0.29) is 11.3 Å². The molecule has 3 nitrogen and oxygen atoms in total. The standard InChI is InChI=1S/C13H21BrN2OS/c1-13(2,5-6-15)12(17)16(3)7-4-11-8-10(14)9-18-11/h8-9H,4-7,15H2,1-3H3. The number of halogens is 1. The predicted molar refractivity (Wildman–Crippen MR) is 80.8 cm³/mol. The van der Waals surface area contributed by atoms with Crippen molar-refractivity contribution in [3.05, 3.63) is 20.8 Å². The van der Waals surface area contributed by atoms with Crippen LogP contribution < -0.4 is 5.73 Å². The zero-order chi connectivity index (χ0) is 13.8. The molecule has 2 N–H and O–H groups in total. The van der Waals surface area contributed by atoms with Crippen LogP contribution in [0.4, 0.5) is 0 Å². The van der Waals surface area contributed by atoms with E-state index in [1.165, 1.54) is 4.88 Å². The zero-order valence-electron chi connectivity index (χ0n) is 11.2. The summed E-state index contributed by atoms with van der Waals surface area (Å²) in [5, 5.41) is 2.06. The first kappa shape index (κ1) is 15.7. The molecule has 0 radical (unpaired) electrons. The summed E-state index contributed by atoms with van der Waals surface area (Å²) in [6, 6.07) is 2.11. The smallest absolute Gasteiger partial charge is 0.228 e. The highest BCUT2D eigenvalue weighted by Gasteiger charge is 2.29. The maximum absolute atomic E-state index is 12.2. The Balaban J connectivity index is 2.50. The average Bonchev–Trinajstić information content (AvgIpc) is 2.71. The molecule has 0 aliphatic heterocycles. The molecule has 0 aliphatic carbocycles. The van der Waals surface area contributed by atoms with Crippen LogP contribution in [-0.2, 0) is 11.2 Å². The number of amides is 1. The summed E-state index contributed by atoms with van der Waals surface area (Å²) in [7, 11) is 1.86. The molecule has 0 saturated heterocycles. The maximum Gasteiger partial charge on any atom is 0.228 e. The second kappa shape index (κ2) is 6.68. The van der Waals surface area contributed by atoms with Crippen molar-refractivity contribution in [2.75, 3.05) is 20.1 Å². The lowest BCUT2D eigenvalue weighted by Gasteiger charge is -2.29. The van der Waals surface area contributed by atoms with E-state index in [1.807, 2.05) is 25.8 Å². The number of nitrogens with zero attached hydrogens (tertiary/aromatic N) is 1. The number of carbonyl (C=O) groups excluding carboxylic acids is 1. The molecular formula is C13H21BrN2OS. The van der Waals surface area contributed by atoms with Gasteiger partial charge in [0.25, 0.3) is 0 Å².